The van der Waals surface area contributed by atoms with E-state index in [9.17, 15) is 4.39 Å². The Kier molecular flexibility index (Phi) is 8.58. The molecule has 2 aliphatic heterocycles. The standard InChI is InChI=1S/C22H28FN3.C2H2O4/c23-22-9-5-4-6-19(22)18-24-12-10-21(11-13-24)26-16-14-25(15-17-26)20-7-2-1-3-8-20;3-1(4)2(5)6/h1-9,21H,10-18H2;(H,3,4)(H,5,6). The van der Waals surface area contributed by atoms with Crippen molar-refractivity contribution in [2.75, 3.05) is 44.2 Å². The van der Waals surface area contributed by atoms with Crippen LogP contribution in [0.2, 0.25) is 0 Å². The molecular weight excluding hydrogens is 413 g/mol. The van der Waals surface area contributed by atoms with Crippen LogP contribution < -0.4 is 4.90 Å². The number of anilines is 1. The summed E-state index contributed by atoms with van der Waals surface area (Å²) in [4.78, 5) is 25.8. The van der Waals surface area contributed by atoms with Crippen LogP contribution in [-0.2, 0) is 16.1 Å². The van der Waals surface area contributed by atoms with Crippen LogP contribution in [0.3, 0.4) is 0 Å². The van der Waals surface area contributed by atoms with Crippen molar-refractivity contribution in [3.05, 3.63) is 66.0 Å². The minimum absolute atomic E-state index is 0.0772. The normalized spacial score (nSPS) is 18.0. The maximum Gasteiger partial charge on any atom is 0.414 e. The minimum Gasteiger partial charge on any atom is -0.473 e. The van der Waals surface area contributed by atoms with Crippen LogP contribution in [0.15, 0.2) is 54.6 Å². The van der Waals surface area contributed by atoms with Gasteiger partial charge >= 0.3 is 11.9 Å². The highest BCUT2D eigenvalue weighted by molar-refractivity contribution is 6.27. The summed E-state index contributed by atoms with van der Waals surface area (Å²) in [5.74, 6) is -3.73. The fourth-order valence-corrected chi connectivity index (χ4v) is 4.29. The van der Waals surface area contributed by atoms with E-state index in [2.05, 4.69) is 45.0 Å². The van der Waals surface area contributed by atoms with Crippen molar-refractivity contribution in [2.45, 2.75) is 25.4 Å². The number of likely N-dealkylation sites (tertiary alicyclic amines) is 1. The van der Waals surface area contributed by atoms with E-state index in [-0.39, 0.29) is 5.82 Å². The predicted octanol–water partition coefficient (Wildman–Crippen LogP) is 2.77. The molecule has 2 fully saturated rings. The van der Waals surface area contributed by atoms with Gasteiger partial charge < -0.3 is 15.1 Å². The van der Waals surface area contributed by atoms with Crippen LogP contribution in [0.25, 0.3) is 0 Å². The molecule has 2 saturated heterocycles. The lowest BCUT2D eigenvalue weighted by atomic mass is 10.0. The van der Waals surface area contributed by atoms with Crippen molar-refractivity contribution in [1.82, 2.24) is 9.80 Å². The number of hydrogen-bond acceptors (Lipinski definition) is 5. The number of nitrogens with zero attached hydrogens (tertiary/aromatic N) is 3. The van der Waals surface area contributed by atoms with Crippen molar-refractivity contribution in [3.63, 3.8) is 0 Å². The topological polar surface area (TPSA) is 84.3 Å². The van der Waals surface area contributed by atoms with Crippen molar-refractivity contribution < 1.29 is 24.2 Å². The van der Waals surface area contributed by atoms with Crippen LogP contribution in [0, 0.1) is 5.82 Å². The van der Waals surface area contributed by atoms with E-state index in [1.165, 1.54) is 18.5 Å². The van der Waals surface area contributed by atoms with Gasteiger partial charge in [0.2, 0.25) is 0 Å². The fourth-order valence-electron chi connectivity index (χ4n) is 4.29. The highest BCUT2D eigenvalue weighted by Crippen LogP contribution is 2.22. The molecule has 32 heavy (non-hydrogen) atoms. The zero-order valence-electron chi connectivity index (χ0n) is 18.1. The first kappa shape index (κ1) is 23.7. The molecular formula is C24H30FN3O4. The Bertz CT molecular complexity index is 868. The smallest absolute Gasteiger partial charge is 0.414 e. The average Bonchev–Trinajstić information content (AvgIpc) is 2.82. The molecule has 2 N–H and O–H groups in total. The average molecular weight is 444 g/mol. The summed E-state index contributed by atoms with van der Waals surface area (Å²) in [5, 5.41) is 14.8. The van der Waals surface area contributed by atoms with E-state index in [0.717, 1.165) is 51.4 Å². The number of hydrogen-bond donors (Lipinski definition) is 2. The first-order valence-corrected chi connectivity index (χ1v) is 10.9. The summed E-state index contributed by atoms with van der Waals surface area (Å²) in [6.45, 7) is 7.38. The predicted molar refractivity (Wildman–Crippen MR) is 120 cm³/mol. The Morgan fingerprint density at radius 3 is 1.94 bits per heavy atom. The Hall–Kier alpha value is -2.97. The lowest BCUT2D eigenvalue weighted by Gasteiger charge is -2.43. The summed E-state index contributed by atoms with van der Waals surface area (Å²) in [7, 11) is 0. The molecule has 0 amide bonds. The molecule has 2 aromatic carbocycles. The van der Waals surface area contributed by atoms with Crippen molar-refractivity contribution in [1.29, 1.82) is 0 Å². The van der Waals surface area contributed by atoms with Gasteiger partial charge in [0.1, 0.15) is 5.82 Å². The maximum atomic E-state index is 13.8. The molecule has 172 valence electrons. The van der Waals surface area contributed by atoms with Gasteiger partial charge in [-0.1, -0.05) is 36.4 Å². The van der Waals surface area contributed by atoms with Crippen LogP contribution in [0.5, 0.6) is 0 Å². The monoisotopic (exact) mass is 443 g/mol. The van der Waals surface area contributed by atoms with E-state index >= 15 is 0 Å². The number of carboxylic acids is 2. The molecule has 0 aliphatic carbocycles. The summed E-state index contributed by atoms with van der Waals surface area (Å²) < 4.78 is 13.8. The number of halogens is 1. The molecule has 0 unspecified atom stereocenters. The SMILES string of the molecule is Fc1ccccc1CN1CCC(N2CCN(c3ccccc3)CC2)CC1.O=C(O)C(=O)O. The minimum atomic E-state index is -1.82. The van der Waals surface area contributed by atoms with E-state index in [1.54, 1.807) is 12.1 Å². The summed E-state index contributed by atoms with van der Waals surface area (Å²) in [6.07, 6.45) is 2.39. The van der Waals surface area contributed by atoms with Crippen molar-refractivity contribution in [2.24, 2.45) is 0 Å². The van der Waals surface area contributed by atoms with Gasteiger partial charge in [0.15, 0.2) is 0 Å². The molecule has 2 aromatic rings. The third-order valence-corrected chi connectivity index (χ3v) is 6.04. The number of rotatable bonds is 4. The molecule has 0 spiro atoms. The van der Waals surface area contributed by atoms with E-state index in [0.29, 0.717) is 6.04 Å². The molecule has 0 atom stereocenters. The largest absolute Gasteiger partial charge is 0.473 e. The number of aliphatic carboxylic acids is 2. The zero-order chi connectivity index (χ0) is 22.9. The van der Waals surface area contributed by atoms with E-state index in [4.69, 9.17) is 19.8 Å². The third kappa shape index (κ3) is 6.77. The van der Waals surface area contributed by atoms with E-state index < -0.39 is 11.9 Å². The molecule has 0 radical (unpaired) electrons. The Labute approximate surface area is 187 Å². The quantitative estimate of drug-likeness (QED) is 0.703. The van der Waals surface area contributed by atoms with Gasteiger partial charge in [-0.25, -0.2) is 14.0 Å². The first-order chi connectivity index (χ1) is 15.4. The molecule has 4 rings (SSSR count). The molecule has 2 heterocycles. The Morgan fingerprint density at radius 2 is 1.38 bits per heavy atom. The lowest BCUT2D eigenvalue weighted by molar-refractivity contribution is -0.159. The van der Waals surface area contributed by atoms with Gasteiger partial charge in [-0.05, 0) is 44.1 Å². The number of piperidine rings is 1. The van der Waals surface area contributed by atoms with Gasteiger partial charge in [-0.3, -0.25) is 9.80 Å². The van der Waals surface area contributed by atoms with Gasteiger partial charge in [0, 0.05) is 50.0 Å². The van der Waals surface area contributed by atoms with Crippen LogP contribution in [0.1, 0.15) is 18.4 Å². The number of piperazine rings is 1. The number of benzene rings is 2. The first-order valence-electron chi connectivity index (χ1n) is 10.9. The summed E-state index contributed by atoms with van der Waals surface area (Å²) in [6, 6.07) is 18.6. The number of carboxylic acid groups (broad SMARTS) is 2. The lowest BCUT2D eigenvalue weighted by Crippen LogP contribution is -2.53. The second kappa shape index (κ2) is 11.6. The van der Waals surface area contributed by atoms with E-state index in [1.807, 2.05) is 12.1 Å². The maximum absolute atomic E-state index is 13.8. The molecule has 8 heteroatoms. The van der Waals surface area contributed by atoms with Crippen LogP contribution >= 0.6 is 0 Å². The summed E-state index contributed by atoms with van der Waals surface area (Å²) >= 11 is 0. The van der Waals surface area contributed by atoms with Gasteiger partial charge in [-0.15, -0.1) is 0 Å². The van der Waals surface area contributed by atoms with Crippen molar-refractivity contribution >= 4 is 17.6 Å². The third-order valence-electron chi connectivity index (χ3n) is 6.04. The summed E-state index contributed by atoms with van der Waals surface area (Å²) in [5.41, 5.74) is 2.16. The second-order valence-corrected chi connectivity index (χ2v) is 8.07. The van der Waals surface area contributed by atoms with Gasteiger partial charge in [0.05, 0.1) is 0 Å². The Morgan fingerprint density at radius 1 is 0.812 bits per heavy atom. The molecule has 0 aromatic heterocycles. The van der Waals surface area contributed by atoms with Crippen LogP contribution in [-0.4, -0.2) is 77.3 Å². The second-order valence-electron chi connectivity index (χ2n) is 8.07. The fraction of sp³-hybridized carbons (Fsp3) is 0.417. The number of para-hydroxylation sites is 1. The van der Waals surface area contributed by atoms with Gasteiger partial charge in [-0.2, -0.15) is 0 Å². The number of carbonyl (C=O) groups is 2. The van der Waals surface area contributed by atoms with Crippen molar-refractivity contribution in [3.8, 4) is 0 Å². The Balaban J connectivity index is 0.000000427. The highest BCUT2D eigenvalue weighted by atomic mass is 19.1. The van der Waals surface area contributed by atoms with Gasteiger partial charge in [0.25, 0.3) is 0 Å². The molecule has 2 aliphatic rings. The molecule has 7 nitrogen and oxygen atoms in total. The molecule has 0 saturated carbocycles. The van der Waals surface area contributed by atoms with Crippen LogP contribution in [0.4, 0.5) is 10.1 Å². The zero-order valence-corrected chi connectivity index (χ0v) is 18.1. The molecule has 0 bridgehead atoms. The highest BCUT2D eigenvalue weighted by Gasteiger charge is 2.27.